The highest BCUT2D eigenvalue weighted by atomic mass is 16.1. The van der Waals surface area contributed by atoms with Gasteiger partial charge in [-0.3, -0.25) is 4.79 Å². The van der Waals surface area contributed by atoms with Crippen molar-refractivity contribution in [3.05, 3.63) is 36.9 Å². The maximum Gasteiger partial charge on any atom is 0.222 e. The quantitative estimate of drug-likeness (QED) is 0.760. The Labute approximate surface area is 92.7 Å². The lowest BCUT2D eigenvalue weighted by molar-refractivity contribution is -0.121. The van der Waals surface area contributed by atoms with Crippen LogP contribution in [0.3, 0.4) is 0 Å². The van der Waals surface area contributed by atoms with Crippen LogP contribution in [-0.2, 0) is 17.9 Å². The zero-order valence-corrected chi connectivity index (χ0v) is 8.76. The van der Waals surface area contributed by atoms with Gasteiger partial charge in [0.2, 0.25) is 5.91 Å². The second-order valence-corrected chi connectivity index (χ2v) is 3.40. The van der Waals surface area contributed by atoms with Crippen molar-refractivity contribution in [1.82, 2.24) is 24.8 Å². The Morgan fingerprint density at radius 3 is 3.12 bits per heavy atom. The average Bonchev–Trinajstić information content (AvgIpc) is 2.96. The molecular formula is C10H13N5O. The van der Waals surface area contributed by atoms with Gasteiger partial charge in [0.15, 0.2) is 0 Å². The molecule has 0 fully saturated rings. The fourth-order valence-corrected chi connectivity index (χ4v) is 1.31. The van der Waals surface area contributed by atoms with Crippen LogP contribution in [0.5, 0.6) is 0 Å². The van der Waals surface area contributed by atoms with Gasteiger partial charge in [-0.25, -0.2) is 9.97 Å². The first-order valence-electron chi connectivity index (χ1n) is 5.04. The number of nitrogens with zero attached hydrogens (tertiary/aromatic N) is 3. The molecule has 6 nitrogen and oxygen atoms in total. The van der Waals surface area contributed by atoms with Crippen LogP contribution in [0.15, 0.2) is 31.2 Å². The van der Waals surface area contributed by atoms with E-state index in [0.717, 1.165) is 5.69 Å². The molecule has 0 spiro atoms. The molecule has 0 radical (unpaired) electrons. The summed E-state index contributed by atoms with van der Waals surface area (Å²) in [5.74, 6) is 0.0169. The van der Waals surface area contributed by atoms with E-state index in [2.05, 4.69) is 20.3 Å². The van der Waals surface area contributed by atoms with E-state index in [1.165, 1.54) is 0 Å². The number of aromatic amines is 1. The van der Waals surface area contributed by atoms with Gasteiger partial charge >= 0.3 is 0 Å². The van der Waals surface area contributed by atoms with E-state index < -0.39 is 0 Å². The summed E-state index contributed by atoms with van der Waals surface area (Å²) in [6.07, 6.45) is 8.96. The highest BCUT2D eigenvalue weighted by Gasteiger charge is 2.01. The van der Waals surface area contributed by atoms with Gasteiger partial charge in [0, 0.05) is 31.6 Å². The molecule has 2 heterocycles. The molecule has 2 rings (SSSR count). The molecule has 84 valence electrons. The smallest absolute Gasteiger partial charge is 0.222 e. The first kappa shape index (κ1) is 10.4. The van der Waals surface area contributed by atoms with Crippen LogP contribution in [0.4, 0.5) is 0 Å². The fourth-order valence-electron chi connectivity index (χ4n) is 1.31. The summed E-state index contributed by atoms with van der Waals surface area (Å²) in [5, 5.41) is 2.80. The van der Waals surface area contributed by atoms with E-state index in [1.807, 2.05) is 10.8 Å². The normalized spacial score (nSPS) is 10.2. The third-order valence-corrected chi connectivity index (χ3v) is 2.19. The van der Waals surface area contributed by atoms with Crippen LogP contribution in [0.2, 0.25) is 0 Å². The van der Waals surface area contributed by atoms with E-state index in [-0.39, 0.29) is 5.91 Å². The average molecular weight is 219 g/mol. The second-order valence-electron chi connectivity index (χ2n) is 3.40. The molecule has 2 N–H and O–H groups in total. The number of nitrogens with one attached hydrogen (secondary N) is 2. The van der Waals surface area contributed by atoms with Crippen molar-refractivity contribution in [2.75, 3.05) is 0 Å². The van der Waals surface area contributed by atoms with Crippen molar-refractivity contribution in [2.24, 2.45) is 0 Å². The Hall–Kier alpha value is -2.11. The van der Waals surface area contributed by atoms with Gasteiger partial charge in [-0.2, -0.15) is 0 Å². The summed E-state index contributed by atoms with van der Waals surface area (Å²) in [7, 11) is 0. The van der Waals surface area contributed by atoms with Crippen LogP contribution in [0.1, 0.15) is 12.1 Å². The van der Waals surface area contributed by atoms with Crippen LogP contribution in [-0.4, -0.2) is 25.4 Å². The van der Waals surface area contributed by atoms with Gasteiger partial charge in [0.05, 0.1) is 24.9 Å². The van der Waals surface area contributed by atoms with Crippen molar-refractivity contribution in [3.8, 4) is 0 Å². The molecule has 0 aliphatic heterocycles. The Bertz CT molecular complexity index is 380. The molecule has 6 heteroatoms. The zero-order chi connectivity index (χ0) is 11.2. The van der Waals surface area contributed by atoms with Crippen molar-refractivity contribution in [3.63, 3.8) is 0 Å². The van der Waals surface area contributed by atoms with Crippen molar-refractivity contribution in [1.29, 1.82) is 0 Å². The highest BCUT2D eigenvalue weighted by Crippen LogP contribution is 1.93. The third kappa shape index (κ3) is 2.94. The zero-order valence-electron chi connectivity index (χ0n) is 8.76. The first-order valence-corrected chi connectivity index (χ1v) is 5.04. The summed E-state index contributed by atoms with van der Waals surface area (Å²) in [6.45, 7) is 1.14. The van der Waals surface area contributed by atoms with Gasteiger partial charge in [0.25, 0.3) is 0 Å². The van der Waals surface area contributed by atoms with E-state index in [0.29, 0.717) is 19.5 Å². The third-order valence-electron chi connectivity index (χ3n) is 2.19. The molecule has 1 amide bonds. The lowest BCUT2D eigenvalue weighted by Gasteiger charge is -2.04. The van der Waals surface area contributed by atoms with E-state index in [9.17, 15) is 4.79 Å². The number of imidazole rings is 2. The van der Waals surface area contributed by atoms with Crippen LogP contribution < -0.4 is 5.32 Å². The topological polar surface area (TPSA) is 75.6 Å². The molecule has 0 saturated carbocycles. The van der Waals surface area contributed by atoms with Gasteiger partial charge in [-0.15, -0.1) is 0 Å². The maximum atomic E-state index is 11.5. The van der Waals surface area contributed by atoms with Crippen molar-refractivity contribution >= 4 is 5.91 Å². The van der Waals surface area contributed by atoms with Gasteiger partial charge < -0.3 is 14.9 Å². The Kier molecular flexibility index (Phi) is 3.32. The first-order chi connectivity index (χ1) is 7.84. The number of aryl methyl sites for hydroxylation is 1. The number of hydrogen-bond acceptors (Lipinski definition) is 3. The number of rotatable bonds is 5. The second kappa shape index (κ2) is 5.11. The molecule has 0 aromatic carbocycles. The Balaban J connectivity index is 1.69. The Morgan fingerprint density at radius 2 is 2.44 bits per heavy atom. The summed E-state index contributed by atoms with van der Waals surface area (Å²) in [4.78, 5) is 22.1. The highest BCUT2D eigenvalue weighted by molar-refractivity contribution is 5.75. The maximum absolute atomic E-state index is 11.5. The number of H-pyrrole nitrogens is 1. The van der Waals surface area contributed by atoms with E-state index >= 15 is 0 Å². The fraction of sp³-hybridized carbons (Fsp3) is 0.300. The predicted octanol–water partition coefficient (Wildman–Crippen LogP) is 0.313. The molecule has 0 saturated heterocycles. The number of aromatic nitrogens is 4. The summed E-state index contributed by atoms with van der Waals surface area (Å²) in [5.41, 5.74) is 0.899. The number of hydrogen-bond donors (Lipinski definition) is 2. The molecule has 2 aromatic heterocycles. The molecule has 16 heavy (non-hydrogen) atoms. The lowest BCUT2D eigenvalue weighted by Crippen LogP contribution is -2.23. The van der Waals surface area contributed by atoms with Crippen LogP contribution in [0.25, 0.3) is 0 Å². The SMILES string of the molecule is O=C(CCn1ccnc1)NCc1cnc[nH]1. The minimum absolute atomic E-state index is 0.0169. The lowest BCUT2D eigenvalue weighted by atomic mass is 10.3. The minimum atomic E-state index is 0.0169. The minimum Gasteiger partial charge on any atom is -0.350 e. The van der Waals surface area contributed by atoms with E-state index in [4.69, 9.17) is 0 Å². The Morgan fingerprint density at radius 1 is 1.50 bits per heavy atom. The molecular weight excluding hydrogens is 206 g/mol. The number of carbonyl (C=O) groups excluding carboxylic acids is 1. The predicted molar refractivity (Wildman–Crippen MR) is 57.3 cm³/mol. The molecule has 0 aliphatic carbocycles. The molecule has 0 unspecified atom stereocenters. The molecule has 0 aliphatic rings. The molecule has 0 bridgehead atoms. The van der Waals surface area contributed by atoms with Crippen molar-refractivity contribution < 1.29 is 4.79 Å². The van der Waals surface area contributed by atoms with Gasteiger partial charge in [-0.1, -0.05) is 0 Å². The largest absolute Gasteiger partial charge is 0.350 e. The standard InChI is InChI=1S/C10H13N5O/c16-10(1-3-15-4-2-11-8-15)13-6-9-5-12-7-14-9/h2,4-5,7-8H,1,3,6H2,(H,12,14)(H,13,16). The number of carbonyl (C=O) groups is 1. The van der Waals surface area contributed by atoms with Gasteiger partial charge in [-0.05, 0) is 0 Å². The summed E-state index contributed by atoms with van der Waals surface area (Å²) < 4.78 is 1.87. The van der Waals surface area contributed by atoms with E-state index in [1.54, 1.807) is 25.0 Å². The van der Waals surface area contributed by atoms with Crippen molar-refractivity contribution in [2.45, 2.75) is 19.5 Å². The summed E-state index contributed by atoms with van der Waals surface area (Å²) >= 11 is 0. The van der Waals surface area contributed by atoms with Crippen LogP contribution in [0, 0.1) is 0 Å². The van der Waals surface area contributed by atoms with Crippen LogP contribution >= 0.6 is 0 Å². The monoisotopic (exact) mass is 219 g/mol. The van der Waals surface area contributed by atoms with Gasteiger partial charge in [0.1, 0.15) is 0 Å². The molecule has 0 atom stereocenters. The number of amides is 1. The summed E-state index contributed by atoms with van der Waals surface area (Å²) in [6, 6.07) is 0. The molecule has 2 aromatic rings.